The topological polar surface area (TPSA) is 37.3 Å². The van der Waals surface area contributed by atoms with E-state index in [1.165, 1.54) is 0 Å². The van der Waals surface area contributed by atoms with Gasteiger partial charge in [-0.3, -0.25) is 0 Å². The molecule has 60 valence electrons. The van der Waals surface area contributed by atoms with Crippen LogP contribution in [-0.2, 0) is 4.79 Å². The number of aliphatic carboxylic acids is 1. The van der Waals surface area contributed by atoms with Gasteiger partial charge in [-0.1, -0.05) is 13.0 Å². The summed E-state index contributed by atoms with van der Waals surface area (Å²) in [5, 5.41) is 7.96. The highest BCUT2D eigenvalue weighted by Gasteiger charge is 1.79. The van der Waals surface area contributed by atoms with E-state index in [1.807, 2.05) is 6.92 Å². The third kappa shape index (κ3) is 60.2. The molecule has 1 N–H and O–H groups in total. The van der Waals surface area contributed by atoms with Crippen molar-refractivity contribution in [2.45, 2.75) is 13.3 Å². The van der Waals surface area contributed by atoms with E-state index in [2.05, 4.69) is 0 Å². The van der Waals surface area contributed by atoms with E-state index in [-0.39, 0.29) is 37.1 Å². The largest absolute Gasteiger partial charge is 0.478 e. The molecule has 0 rings (SSSR count). The minimum atomic E-state index is -0.873. The molecule has 0 heterocycles. The second kappa shape index (κ2) is 31.9. The van der Waals surface area contributed by atoms with E-state index in [0.29, 0.717) is 0 Å². The van der Waals surface area contributed by atoms with Crippen molar-refractivity contribution in [1.82, 2.24) is 0 Å². The third-order valence-corrected chi connectivity index (χ3v) is 0.496. The van der Waals surface area contributed by atoms with Crippen LogP contribution in [0.4, 0.5) is 0 Å². The highest BCUT2D eigenvalue weighted by atomic mass is 16.4. The van der Waals surface area contributed by atoms with Crippen molar-refractivity contribution in [3.63, 3.8) is 0 Å². The normalized spacial score (nSPS) is 5.75. The quantitative estimate of drug-likeness (QED) is 0.620. The molecule has 2 nitrogen and oxygen atoms in total. The van der Waals surface area contributed by atoms with Gasteiger partial charge in [0.05, 0.1) is 0 Å². The average Bonchev–Trinajstić information content (AvgIpc) is 1.61. The first-order valence-corrected chi connectivity index (χ1v) is 2.17. The van der Waals surface area contributed by atoms with Crippen molar-refractivity contribution in [1.29, 1.82) is 0 Å². The van der Waals surface area contributed by atoms with Crippen LogP contribution < -0.4 is 0 Å². The Bertz CT molecular complexity index is 85.8. The second-order valence-corrected chi connectivity index (χ2v) is 1.15. The molecule has 0 aromatic rings. The molecular formula is C10H8O2. The van der Waals surface area contributed by atoms with Gasteiger partial charge in [0.25, 0.3) is 0 Å². The van der Waals surface area contributed by atoms with Crippen LogP contribution in [0.15, 0.2) is 12.2 Å². The molecule has 0 unspecified atom stereocenters. The smallest absolute Gasteiger partial charge is 0.327 e. The summed E-state index contributed by atoms with van der Waals surface area (Å²) < 4.78 is 0. The molecule has 0 aliphatic heterocycles. The SMILES string of the molecule is CCC=CC(=O)O.[C].[C].[C].[C].[C]. The summed E-state index contributed by atoms with van der Waals surface area (Å²) in [6.45, 7) is 1.89. The first-order chi connectivity index (χ1) is 3.27. The minimum Gasteiger partial charge on any atom is -0.478 e. The van der Waals surface area contributed by atoms with Crippen LogP contribution in [0.2, 0.25) is 0 Å². The van der Waals surface area contributed by atoms with Crippen LogP contribution in [-0.4, -0.2) is 11.1 Å². The Hall–Kier alpha value is -0.790. The predicted octanol–water partition coefficient (Wildman–Crippen LogP) is 1.44. The van der Waals surface area contributed by atoms with Crippen LogP contribution in [0, 0.1) is 37.1 Å². The molecule has 0 aliphatic carbocycles. The zero-order valence-corrected chi connectivity index (χ0v) is 6.72. The highest BCUT2D eigenvalue weighted by Crippen LogP contribution is 1.76. The lowest BCUT2D eigenvalue weighted by atomic mass is 10.4. The molecule has 0 fully saturated rings. The van der Waals surface area contributed by atoms with Crippen LogP contribution >= 0.6 is 0 Å². The Kier molecular flexibility index (Phi) is 114. The average molecular weight is 160 g/mol. The van der Waals surface area contributed by atoms with Gasteiger partial charge < -0.3 is 5.11 Å². The molecule has 0 saturated carbocycles. The molecule has 0 aliphatic rings. The molecule has 0 amide bonds. The lowest BCUT2D eigenvalue weighted by Crippen LogP contribution is -1.84. The van der Waals surface area contributed by atoms with E-state index < -0.39 is 5.97 Å². The number of carboxylic acid groups (broad SMARTS) is 1. The predicted molar refractivity (Wildman–Crippen MR) is 43.3 cm³/mol. The number of allylic oxidation sites excluding steroid dienone is 1. The molecular weight excluding hydrogens is 152 g/mol. The summed E-state index contributed by atoms with van der Waals surface area (Å²) in [5.74, 6) is -0.873. The van der Waals surface area contributed by atoms with Gasteiger partial charge in [0.1, 0.15) is 0 Å². The van der Waals surface area contributed by atoms with Gasteiger partial charge in [-0.15, -0.1) is 0 Å². The zero-order valence-electron chi connectivity index (χ0n) is 6.72. The maximum atomic E-state index is 9.67. The molecule has 0 spiro atoms. The van der Waals surface area contributed by atoms with Crippen molar-refractivity contribution >= 4 is 5.97 Å². The maximum Gasteiger partial charge on any atom is 0.327 e. The summed E-state index contributed by atoms with van der Waals surface area (Å²) in [6, 6.07) is 0. The van der Waals surface area contributed by atoms with Crippen molar-refractivity contribution < 1.29 is 9.90 Å². The Morgan fingerprint density at radius 2 is 1.50 bits per heavy atom. The molecule has 0 aromatic heterocycles. The lowest BCUT2D eigenvalue weighted by molar-refractivity contribution is -0.131. The van der Waals surface area contributed by atoms with E-state index in [4.69, 9.17) is 5.11 Å². The summed E-state index contributed by atoms with van der Waals surface area (Å²) in [6.07, 6.45) is 3.52. The Morgan fingerprint density at radius 1 is 1.17 bits per heavy atom. The van der Waals surface area contributed by atoms with E-state index in [9.17, 15) is 4.79 Å². The Labute approximate surface area is 79.3 Å². The monoisotopic (exact) mass is 160 g/mol. The van der Waals surface area contributed by atoms with Crippen molar-refractivity contribution in [3.05, 3.63) is 49.3 Å². The first-order valence-electron chi connectivity index (χ1n) is 2.17. The number of hydrogen-bond donors (Lipinski definition) is 1. The van der Waals surface area contributed by atoms with Gasteiger partial charge in [-0.2, -0.15) is 0 Å². The molecule has 12 heavy (non-hydrogen) atoms. The van der Waals surface area contributed by atoms with Gasteiger partial charge in [0.15, 0.2) is 0 Å². The van der Waals surface area contributed by atoms with Crippen molar-refractivity contribution in [2.75, 3.05) is 0 Å². The van der Waals surface area contributed by atoms with Crippen molar-refractivity contribution in [2.24, 2.45) is 0 Å². The number of rotatable bonds is 2. The van der Waals surface area contributed by atoms with E-state index in [0.717, 1.165) is 12.5 Å². The van der Waals surface area contributed by atoms with E-state index in [1.54, 1.807) is 6.08 Å². The summed E-state index contributed by atoms with van der Waals surface area (Å²) in [7, 11) is 0. The van der Waals surface area contributed by atoms with E-state index >= 15 is 0 Å². The fourth-order valence-corrected chi connectivity index (χ4v) is 0.219. The van der Waals surface area contributed by atoms with Gasteiger partial charge in [-0.05, 0) is 6.42 Å². The zero-order chi connectivity index (χ0) is 5.70. The molecule has 0 saturated heterocycles. The van der Waals surface area contributed by atoms with Crippen LogP contribution in [0.25, 0.3) is 0 Å². The minimum absolute atomic E-state index is 0. The lowest BCUT2D eigenvalue weighted by Gasteiger charge is -1.73. The third-order valence-electron chi connectivity index (χ3n) is 0.496. The fourth-order valence-electron chi connectivity index (χ4n) is 0.219. The summed E-state index contributed by atoms with van der Waals surface area (Å²) in [4.78, 5) is 9.67. The second-order valence-electron chi connectivity index (χ2n) is 1.15. The number of carbonyl (C=O) groups is 1. The van der Waals surface area contributed by atoms with Crippen LogP contribution in [0.5, 0.6) is 0 Å². The van der Waals surface area contributed by atoms with Crippen molar-refractivity contribution in [3.8, 4) is 0 Å². The number of hydrogen-bond acceptors (Lipinski definition) is 1. The molecule has 0 atom stereocenters. The molecule has 2 heteroatoms. The Morgan fingerprint density at radius 3 is 1.58 bits per heavy atom. The standard InChI is InChI=1S/C5H8O2.5C/c1-2-3-4-5(6)7;;;;;/h3-4H,2H2,1H3,(H,6,7);;;;;. The van der Waals surface area contributed by atoms with Gasteiger partial charge >= 0.3 is 5.97 Å². The molecule has 0 bridgehead atoms. The van der Waals surface area contributed by atoms with Crippen LogP contribution in [0.1, 0.15) is 13.3 Å². The maximum absolute atomic E-state index is 9.67. The van der Waals surface area contributed by atoms with Crippen LogP contribution in [0.3, 0.4) is 0 Å². The van der Waals surface area contributed by atoms with Gasteiger partial charge in [0, 0.05) is 43.2 Å². The number of carboxylic acids is 1. The fraction of sp³-hybridized carbons (Fsp3) is 0.200. The van der Waals surface area contributed by atoms with Gasteiger partial charge in [0.2, 0.25) is 0 Å². The molecule has 20 radical (unpaired) electrons. The van der Waals surface area contributed by atoms with Gasteiger partial charge in [-0.25, -0.2) is 4.79 Å². The highest BCUT2D eigenvalue weighted by molar-refractivity contribution is 5.79. The Balaban J connectivity index is -0.0000000180. The molecule has 0 aromatic carbocycles. The summed E-state index contributed by atoms with van der Waals surface area (Å²) in [5.41, 5.74) is 0. The first kappa shape index (κ1) is 43.1. The summed E-state index contributed by atoms with van der Waals surface area (Å²) >= 11 is 0.